The fraction of sp³-hybridized carbons (Fsp3) is 0. The number of hydrogen-bond acceptors (Lipinski definition) is 2. The summed E-state index contributed by atoms with van der Waals surface area (Å²) < 4.78 is 5.34. The van der Waals surface area contributed by atoms with Crippen LogP contribution in [0.4, 0.5) is 0 Å². The highest BCUT2D eigenvalue weighted by Gasteiger charge is 2.17. The molecule has 0 unspecified atom stereocenters. The molecule has 9 aromatic rings. The normalized spacial score (nSPS) is 11.6. The van der Waals surface area contributed by atoms with Gasteiger partial charge in [0, 0.05) is 40.3 Å². The van der Waals surface area contributed by atoms with Gasteiger partial charge in [-0.15, -0.1) is 22.7 Å². The van der Waals surface area contributed by atoms with E-state index in [4.69, 9.17) is 0 Å². The Morgan fingerprint density at radius 2 is 0.500 bits per heavy atom. The highest BCUT2D eigenvalue weighted by molar-refractivity contribution is 7.27. The summed E-state index contributed by atoms with van der Waals surface area (Å²) in [6.45, 7) is 0. The fourth-order valence-corrected chi connectivity index (χ4v) is 8.86. The van der Waals surface area contributed by atoms with Crippen molar-refractivity contribution < 1.29 is 0 Å². The van der Waals surface area contributed by atoms with Gasteiger partial charge >= 0.3 is 0 Å². The van der Waals surface area contributed by atoms with Crippen molar-refractivity contribution >= 4 is 63.0 Å². The molecule has 2 heterocycles. The lowest BCUT2D eigenvalue weighted by atomic mass is 9.92. The van der Waals surface area contributed by atoms with Crippen LogP contribution in [0.1, 0.15) is 0 Å². The molecule has 0 bridgehead atoms. The summed E-state index contributed by atoms with van der Waals surface area (Å²) in [6, 6.07) is 57.7. The minimum Gasteiger partial charge on any atom is -0.135 e. The highest BCUT2D eigenvalue weighted by Crippen LogP contribution is 2.47. The zero-order valence-electron chi connectivity index (χ0n) is 23.8. The first-order valence-corrected chi connectivity index (χ1v) is 16.6. The monoisotopic (exact) mass is 594 g/mol. The summed E-state index contributed by atoms with van der Waals surface area (Å²) in [4.78, 5) is 0. The average molecular weight is 595 g/mol. The van der Waals surface area contributed by atoms with Crippen LogP contribution in [0, 0.1) is 0 Å². The number of fused-ring (bicyclic) bond motifs is 6. The van der Waals surface area contributed by atoms with Crippen molar-refractivity contribution in [2.24, 2.45) is 0 Å². The molecule has 0 aliphatic carbocycles. The summed E-state index contributed by atoms with van der Waals surface area (Å²) in [7, 11) is 0. The number of thiophene rings is 2. The van der Waals surface area contributed by atoms with E-state index < -0.39 is 0 Å². The predicted octanol–water partition coefficient (Wildman–Crippen LogP) is 13.1. The van der Waals surface area contributed by atoms with Crippen LogP contribution in [0.25, 0.3) is 84.9 Å². The molecule has 0 aliphatic heterocycles. The van der Waals surface area contributed by atoms with Gasteiger partial charge < -0.3 is 0 Å². The molecule has 0 saturated carbocycles. The Balaban J connectivity index is 1.30. The first kappa shape index (κ1) is 25.5. The van der Waals surface area contributed by atoms with Gasteiger partial charge in [-0.2, -0.15) is 0 Å². The first-order chi connectivity index (χ1) is 21.8. The van der Waals surface area contributed by atoms with Gasteiger partial charge in [-0.25, -0.2) is 0 Å². The molecule has 0 nitrogen and oxygen atoms in total. The molecule has 7 aromatic carbocycles. The fourth-order valence-electron chi connectivity index (χ4n) is 6.56. The van der Waals surface area contributed by atoms with E-state index in [0.29, 0.717) is 0 Å². The van der Waals surface area contributed by atoms with Crippen LogP contribution in [0.2, 0.25) is 0 Å². The SMILES string of the molecule is c1ccc(-c2cc3sc4cc5c(cc4c3cc2-c2ccccc2)sc2cc(-c3ccccc3)c(-c3ccccc3)cc25)cc1. The van der Waals surface area contributed by atoms with Crippen LogP contribution in [0.15, 0.2) is 158 Å². The van der Waals surface area contributed by atoms with E-state index in [-0.39, 0.29) is 0 Å². The molecule has 2 aromatic heterocycles. The summed E-state index contributed by atoms with van der Waals surface area (Å²) in [5.74, 6) is 0. The minimum absolute atomic E-state index is 1.25. The second kappa shape index (κ2) is 10.3. The number of rotatable bonds is 4. The standard InChI is InChI=1S/C42H26S2/c1-5-13-27(14-6-1)31-21-35-37-25-42-38(26-41(37)43-39(35)23-33(31)29-17-9-3-10-18-29)36-22-32(28-15-7-2-8-16-28)34(24-40(36)44-42)30-19-11-4-12-20-30/h1-26H. The van der Waals surface area contributed by atoms with Gasteiger partial charge in [0.2, 0.25) is 0 Å². The molecule has 0 radical (unpaired) electrons. The number of benzene rings is 7. The second-order valence-corrected chi connectivity index (χ2v) is 13.5. The third kappa shape index (κ3) is 4.18. The van der Waals surface area contributed by atoms with Gasteiger partial charge in [-0.3, -0.25) is 0 Å². The Hall–Kier alpha value is -5.02. The van der Waals surface area contributed by atoms with Gasteiger partial charge in [0.05, 0.1) is 0 Å². The topological polar surface area (TPSA) is 0 Å². The van der Waals surface area contributed by atoms with E-state index in [1.807, 2.05) is 22.7 Å². The Morgan fingerprint density at radius 1 is 0.250 bits per heavy atom. The molecule has 2 heteroatoms. The van der Waals surface area contributed by atoms with Crippen LogP contribution < -0.4 is 0 Å². The van der Waals surface area contributed by atoms with Crippen molar-refractivity contribution in [2.75, 3.05) is 0 Å². The van der Waals surface area contributed by atoms with Crippen LogP contribution in [0.5, 0.6) is 0 Å². The summed E-state index contributed by atoms with van der Waals surface area (Å²) in [5.41, 5.74) is 10.1. The van der Waals surface area contributed by atoms with E-state index in [1.54, 1.807) is 0 Å². The van der Waals surface area contributed by atoms with Crippen LogP contribution in [0.3, 0.4) is 0 Å². The zero-order chi connectivity index (χ0) is 29.0. The van der Waals surface area contributed by atoms with Gasteiger partial charge in [0.15, 0.2) is 0 Å². The molecular weight excluding hydrogens is 569 g/mol. The Bertz CT molecular complexity index is 2270. The molecule has 0 N–H and O–H groups in total. The third-order valence-electron chi connectivity index (χ3n) is 8.68. The van der Waals surface area contributed by atoms with Crippen LogP contribution in [-0.4, -0.2) is 0 Å². The van der Waals surface area contributed by atoms with Crippen molar-refractivity contribution in [3.8, 4) is 44.5 Å². The van der Waals surface area contributed by atoms with E-state index in [1.165, 1.54) is 84.9 Å². The maximum Gasteiger partial charge on any atom is 0.0362 e. The molecule has 0 saturated heterocycles. The molecule has 0 amide bonds. The lowest BCUT2D eigenvalue weighted by Crippen LogP contribution is -1.85. The van der Waals surface area contributed by atoms with Gasteiger partial charge in [-0.05, 0) is 80.9 Å². The van der Waals surface area contributed by atoms with Crippen LogP contribution >= 0.6 is 22.7 Å². The van der Waals surface area contributed by atoms with E-state index in [2.05, 4.69) is 158 Å². The van der Waals surface area contributed by atoms with Crippen LogP contribution in [-0.2, 0) is 0 Å². The molecule has 206 valence electrons. The molecule has 44 heavy (non-hydrogen) atoms. The second-order valence-electron chi connectivity index (χ2n) is 11.3. The van der Waals surface area contributed by atoms with Gasteiger partial charge in [0.1, 0.15) is 0 Å². The van der Waals surface area contributed by atoms with Crippen molar-refractivity contribution in [1.29, 1.82) is 0 Å². The minimum atomic E-state index is 1.25. The maximum absolute atomic E-state index is 2.44. The van der Waals surface area contributed by atoms with Crippen molar-refractivity contribution in [3.05, 3.63) is 158 Å². The van der Waals surface area contributed by atoms with Crippen molar-refractivity contribution in [2.45, 2.75) is 0 Å². The van der Waals surface area contributed by atoms with Crippen molar-refractivity contribution in [3.63, 3.8) is 0 Å². The van der Waals surface area contributed by atoms with Gasteiger partial charge in [-0.1, -0.05) is 121 Å². The van der Waals surface area contributed by atoms with E-state index >= 15 is 0 Å². The first-order valence-electron chi connectivity index (χ1n) is 14.9. The molecule has 0 aliphatic rings. The molecule has 9 rings (SSSR count). The molecule has 0 atom stereocenters. The van der Waals surface area contributed by atoms with E-state index in [0.717, 1.165) is 0 Å². The quantitative estimate of drug-likeness (QED) is 0.190. The van der Waals surface area contributed by atoms with E-state index in [9.17, 15) is 0 Å². The Morgan fingerprint density at radius 3 is 0.818 bits per heavy atom. The number of hydrogen-bond donors (Lipinski definition) is 0. The molecule has 0 spiro atoms. The largest absolute Gasteiger partial charge is 0.135 e. The Kier molecular flexibility index (Phi) is 5.97. The lowest BCUT2D eigenvalue weighted by molar-refractivity contribution is 1.61. The summed E-state index contributed by atoms with van der Waals surface area (Å²) in [5, 5.41) is 5.34. The van der Waals surface area contributed by atoms with Crippen molar-refractivity contribution in [1.82, 2.24) is 0 Å². The van der Waals surface area contributed by atoms with Gasteiger partial charge in [0.25, 0.3) is 0 Å². The Labute approximate surface area is 264 Å². The maximum atomic E-state index is 2.44. The highest BCUT2D eigenvalue weighted by atomic mass is 32.1. The third-order valence-corrected chi connectivity index (χ3v) is 10.9. The summed E-state index contributed by atoms with van der Waals surface area (Å²) in [6.07, 6.45) is 0. The lowest BCUT2D eigenvalue weighted by Gasteiger charge is -2.11. The average Bonchev–Trinajstić information content (AvgIpc) is 3.63. The zero-order valence-corrected chi connectivity index (χ0v) is 25.5. The molecular formula is C42H26S2. The smallest absolute Gasteiger partial charge is 0.0362 e. The molecule has 0 fully saturated rings. The summed E-state index contributed by atoms with van der Waals surface area (Å²) >= 11 is 3.81. The predicted molar refractivity (Wildman–Crippen MR) is 194 cm³/mol.